The Hall–Kier alpha value is -3.14. The number of nitrogens with one attached hydrogen (secondary N) is 1. The van der Waals surface area contributed by atoms with Gasteiger partial charge in [0, 0.05) is 41.0 Å². The molecule has 1 N–H and O–H groups in total. The monoisotopic (exact) mass is 454 g/mol. The van der Waals surface area contributed by atoms with Gasteiger partial charge in [-0.05, 0) is 42.3 Å². The molecule has 3 aromatic rings. The standard InChI is InChI=1S/C23H17Cl2FN4O/c1-2-16-11-21-18(5-6-28-16)20(29-30-21)9-14-3-4-19(25)23(22(14)26)31-17-8-13(12-27)7-15(24)10-17/h3-8,10H,2,9,11H2,1H3,(H,29,30). The van der Waals surface area contributed by atoms with E-state index in [1.54, 1.807) is 18.3 Å². The average molecular weight is 455 g/mol. The number of aromatic amines is 1. The molecule has 0 saturated heterocycles. The van der Waals surface area contributed by atoms with Crippen LogP contribution in [0.1, 0.15) is 41.4 Å². The van der Waals surface area contributed by atoms with E-state index in [0.717, 1.165) is 23.4 Å². The molecule has 0 atom stereocenters. The highest BCUT2D eigenvalue weighted by Crippen LogP contribution is 2.36. The molecule has 8 heteroatoms. The van der Waals surface area contributed by atoms with E-state index in [1.165, 1.54) is 18.2 Å². The second-order valence-electron chi connectivity index (χ2n) is 7.02. The molecule has 0 radical (unpaired) electrons. The minimum absolute atomic E-state index is 0.112. The number of nitrogens with zero attached hydrogens (tertiary/aromatic N) is 3. The Bertz CT molecular complexity index is 1260. The summed E-state index contributed by atoms with van der Waals surface area (Å²) in [6.45, 7) is 2.05. The second kappa shape index (κ2) is 8.93. The third kappa shape index (κ3) is 4.48. The Labute approximate surface area is 188 Å². The molecule has 1 aliphatic rings. The van der Waals surface area contributed by atoms with Crippen LogP contribution in [0.3, 0.4) is 0 Å². The predicted molar refractivity (Wildman–Crippen MR) is 120 cm³/mol. The lowest BCUT2D eigenvalue weighted by Gasteiger charge is -2.12. The van der Waals surface area contributed by atoms with Gasteiger partial charge >= 0.3 is 0 Å². The van der Waals surface area contributed by atoms with Gasteiger partial charge in [-0.1, -0.05) is 36.2 Å². The van der Waals surface area contributed by atoms with E-state index in [9.17, 15) is 0 Å². The summed E-state index contributed by atoms with van der Waals surface area (Å²) in [5.41, 5.74) is 4.31. The number of halogens is 3. The van der Waals surface area contributed by atoms with Crippen molar-refractivity contribution in [3.8, 4) is 17.6 Å². The summed E-state index contributed by atoms with van der Waals surface area (Å²) in [5, 5.41) is 17.0. The fourth-order valence-electron chi connectivity index (χ4n) is 3.37. The van der Waals surface area contributed by atoms with E-state index in [2.05, 4.69) is 22.1 Å². The average Bonchev–Trinajstić information content (AvgIpc) is 3.00. The number of aliphatic imine (C=N–C) groups is 1. The van der Waals surface area contributed by atoms with Crippen LogP contribution >= 0.6 is 23.2 Å². The zero-order chi connectivity index (χ0) is 22.0. The first-order valence-corrected chi connectivity index (χ1v) is 10.4. The summed E-state index contributed by atoms with van der Waals surface area (Å²) >= 11 is 12.2. The number of nitriles is 1. The third-order valence-corrected chi connectivity index (χ3v) is 5.47. The van der Waals surface area contributed by atoms with Crippen molar-refractivity contribution in [2.75, 3.05) is 0 Å². The molecule has 0 saturated carbocycles. The molecule has 2 heterocycles. The maximum Gasteiger partial charge on any atom is 0.181 e. The largest absolute Gasteiger partial charge is 0.453 e. The molecule has 156 valence electrons. The summed E-state index contributed by atoms with van der Waals surface area (Å²) in [5.74, 6) is -0.493. The summed E-state index contributed by atoms with van der Waals surface area (Å²) in [6, 6.07) is 9.63. The van der Waals surface area contributed by atoms with Gasteiger partial charge in [-0.15, -0.1) is 0 Å². The lowest BCUT2D eigenvalue weighted by Crippen LogP contribution is -2.01. The number of ether oxygens (including phenoxy) is 1. The Balaban J connectivity index is 1.65. The molecule has 1 aliphatic heterocycles. The molecule has 4 rings (SSSR count). The van der Waals surface area contributed by atoms with E-state index >= 15 is 4.39 Å². The van der Waals surface area contributed by atoms with Crippen LogP contribution in [0.5, 0.6) is 11.5 Å². The fourth-order valence-corrected chi connectivity index (χ4v) is 3.78. The van der Waals surface area contributed by atoms with Crippen molar-refractivity contribution in [1.82, 2.24) is 10.2 Å². The van der Waals surface area contributed by atoms with E-state index in [-0.39, 0.29) is 22.9 Å². The van der Waals surface area contributed by atoms with Crippen molar-refractivity contribution < 1.29 is 9.13 Å². The van der Waals surface area contributed by atoms with Crippen LogP contribution in [-0.2, 0) is 12.8 Å². The molecular weight excluding hydrogens is 438 g/mol. The van der Waals surface area contributed by atoms with Crippen molar-refractivity contribution >= 4 is 35.0 Å². The molecule has 0 amide bonds. The highest BCUT2D eigenvalue weighted by Gasteiger charge is 2.20. The lowest BCUT2D eigenvalue weighted by molar-refractivity contribution is 0.439. The van der Waals surface area contributed by atoms with Crippen LogP contribution in [-0.4, -0.2) is 15.9 Å². The number of rotatable bonds is 5. The number of fused-ring (bicyclic) bond motifs is 1. The SMILES string of the molecule is CCC1=NC=Cc2c(Cc3ccc(Cl)c(Oc4cc(Cl)cc(C#N)c4)c3F)n[nH]c2C1. The molecule has 0 spiro atoms. The van der Waals surface area contributed by atoms with Crippen LogP contribution in [0.25, 0.3) is 6.08 Å². The normalized spacial score (nSPS) is 12.7. The number of benzene rings is 2. The topological polar surface area (TPSA) is 74.1 Å². The second-order valence-corrected chi connectivity index (χ2v) is 7.86. The molecule has 31 heavy (non-hydrogen) atoms. The molecule has 2 aromatic carbocycles. The minimum atomic E-state index is -0.592. The highest BCUT2D eigenvalue weighted by molar-refractivity contribution is 6.32. The Kier molecular flexibility index (Phi) is 6.08. The molecular formula is C23H17Cl2FN4O. The smallest absolute Gasteiger partial charge is 0.181 e. The van der Waals surface area contributed by atoms with E-state index in [1.807, 2.05) is 12.1 Å². The van der Waals surface area contributed by atoms with Crippen molar-refractivity contribution in [3.63, 3.8) is 0 Å². The number of H-pyrrole nitrogens is 1. The molecule has 0 bridgehead atoms. The summed E-state index contributed by atoms with van der Waals surface area (Å²) in [7, 11) is 0. The van der Waals surface area contributed by atoms with Gasteiger partial charge in [0.1, 0.15) is 5.75 Å². The van der Waals surface area contributed by atoms with Crippen LogP contribution in [0.15, 0.2) is 41.5 Å². The molecule has 0 unspecified atom stereocenters. The highest BCUT2D eigenvalue weighted by atomic mass is 35.5. The first kappa shape index (κ1) is 21.1. The number of hydrogen-bond donors (Lipinski definition) is 1. The Morgan fingerprint density at radius 2 is 2.10 bits per heavy atom. The Morgan fingerprint density at radius 3 is 2.87 bits per heavy atom. The zero-order valence-electron chi connectivity index (χ0n) is 16.5. The van der Waals surface area contributed by atoms with Crippen LogP contribution in [0.2, 0.25) is 10.0 Å². The quantitative estimate of drug-likeness (QED) is 0.478. The van der Waals surface area contributed by atoms with Crippen molar-refractivity contribution in [3.05, 3.63) is 80.5 Å². The maximum atomic E-state index is 15.3. The van der Waals surface area contributed by atoms with Crippen molar-refractivity contribution in [2.24, 2.45) is 4.99 Å². The van der Waals surface area contributed by atoms with Crippen LogP contribution in [0, 0.1) is 17.1 Å². The molecule has 0 fully saturated rings. The Morgan fingerprint density at radius 1 is 1.26 bits per heavy atom. The molecule has 0 aliphatic carbocycles. The number of aromatic nitrogens is 2. The van der Waals surface area contributed by atoms with E-state index in [4.69, 9.17) is 33.2 Å². The molecule has 1 aromatic heterocycles. The van der Waals surface area contributed by atoms with Gasteiger partial charge in [0.05, 0.1) is 22.3 Å². The van der Waals surface area contributed by atoms with Crippen molar-refractivity contribution in [2.45, 2.75) is 26.2 Å². The minimum Gasteiger partial charge on any atom is -0.453 e. The van der Waals surface area contributed by atoms with E-state index < -0.39 is 5.82 Å². The first-order valence-electron chi connectivity index (χ1n) is 9.62. The summed E-state index contributed by atoms with van der Waals surface area (Å²) < 4.78 is 21.0. The maximum absolute atomic E-state index is 15.3. The van der Waals surface area contributed by atoms with Gasteiger partial charge in [0.25, 0.3) is 0 Å². The zero-order valence-corrected chi connectivity index (χ0v) is 18.1. The summed E-state index contributed by atoms with van der Waals surface area (Å²) in [6.07, 6.45) is 5.41. The van der Waals surface area contributed by atoms with Gasteiger partial charge in [-0.3, -0.25) is 10.1 Å². The van der Waals surface area contributed by atoms with Crippen molar-refractivity contribution in [1.29, 1.82) is 5.26 Å². The first-order chi connectivity index (χ1) is 15.0. The number of hydrogen-bond acceptors (Lipinski definition) is 4. The fraction of sp³-hybridized carbons (Fsp3) is 0.174. The van der Waals surface area contributed by atoms with Crippen LogP contribution in [0.4, 0.5) is 4.39 Å². The third-order valence-electron chi connectivity index (χ3n) is 4.96. The predicted octanol–water partition coefficient (Wildman–Crippen LogP) is 6.49. The van der Waals surface area contributed by atoms with Gasteiger partial charge in [-0.2, -0.15) is 10.4 Å². The van der Waals surface area contributed by atoms with Gasteiger partial charge in [0.15, 0.2) is 11.6 Å². The lowest BCUT2D eigenvalue weighted by atomic mass is 10.0. The van der Waals surface area contributed by atoms with Gasteiger partial charge in [0.2, 0.25) is 0 Å². The summed E-state index contributed by atoms with van der Waals surface area (Å²) in [4.78, 5) is 4.43. The van der Waals surface area contributed by atoms with Gasteiger partial charge < -0.3 is 4.74 Å². The van der Waals surface area contributed by atoms with Gasteiger partial charge in [-0.25, -0.2) is 4.39 Å². The van der Waals surface area contributed by atoms with Crippen LogP contribution < -0.4 is 4.74 Å². The van der Waals surface area contributed by atoms with E-state index in [0.29, 0.717) is 28.3 Å². The molecule has 5 nitrogen and oxygen atoms in total.